The van der Waals surface area contributed by atoms with Gasteiger partial charge in [-0.05, 0) is 67.7 Å². The molecule has 26 heavy (non-hydrogen) atoms. The van der Waals surface area contributed by atoms with Crippen LogP contribution in [0.1, 0.15) is 25.5 Å². The smallest absolute Gasteiger partial charge is 0.233 e. The molecule has 2 N–H and O–H groups in total. The number of anilines is 1. The molecule has 0 saturated carbocycles. The van der Waals surface area contributed by atoms with E-state index in [-0.39, 0.29) is 23.1 Å². The van der Waals surface area contributed by atoms with Crippen molar-refractivity contribution in [2.45, 2.75) is 30.0 Å². The predicted molar refractivity (Wildman–Crippen MR) is 110 cm³/mol. The van der Waals surface area contributed by atoms with E-state index in [2.05, 4.69) is 32.4 Å². The molecule has 2 amide bonds. The molecule has 1 aromatic heterocycles. The van der Waals surface area contributed by atoms with E-state index >= 15 is 0 Å². The molecule has 7 heteroatoms. The van der Waals surface area contributed by atoms with Crippen molar-refractivity contribution in [3.05, 3.63) is 46.7 Å². The van der Waals surface area contributed by atoms with Crippen LogP contribution in [0, 0.1) is 0 Å². The molecule has 1 heterocycles. The summed E-state index contributed by atoms with van der Waals surface area (Å²) in [4.78, 5) is 26.6. The van der Waals surface area contributed by atoms with Crippen LogP contribution >= 0.6 is 23.1 Å². The molecule has 2 aromatic rings. The van der Waals surface area contributed by atoms with Gasteiger partial charge in [-0.2, -0.15) is 11.3 Å². The van der Waals surface area contributed by atoms with Crippen LogP contribution in [0.3, 0.4) is 0 Å². The highest BCUT2D eigenvalue weighted by Gasteiger charge is 2.19. The number of rotatable bonds is 8. The average Bonchev–Trinajstić information content (AvgIpc) is 3.10. The molecule has 1 aromatic carbocycles. The second kappa shape index (κ2) is 9.75. The molecule has 0 bridgehead atoms. The van der Waals surface area contributed by atoms with Crippen LogP contribution in [0.2, 0.25) is 0 Å². The van der Waals surface area contributed by atoms with E-state index in [1.54, 1.807) is 11.3 Å². The fourth-order valence-electron chi connectivity index (χ4n) is 2.48. The highest BCUT2D eigenvalue weighted by molar-refractivity contribution is 8.00. The Morgan fingerprint density at radius 3 is 2.42 bits per heavy atom. The lowest BCUT2D eigenvalue weighted by Gasteiger charge is -2.24. The van der Waals surface area contributed by atoms with E-state index in [1.807, 2.05) is 45.3 Å². The maximum atomic E-state index is 12.5. The van der Waals surface area contributed by atoms with Crippen molar-refractivity contribution in [3.8, 4) is 0 Å². The Bertz CT molecular complexity index is 715. The lowest BCUT2D eigenvalue weighted by molar-refractivity contribution is -0.120. The number of hydrogen-bond donors (Lipinski definition) is 2. The second-order valence-corrected chi connectivity index (χ2v) is 8.44. The van der Waals surface area contributed by atoms with Gasteiger partial charge in [-0.15, -0.1) is 11.8 Å². The van der Waals surface area contributed by atoms with Crippen LogP contribution in [-0.2, 0) is 9.59 Å². The number of amides is 2. The third-order valence-electron chi connectivity index (χ3n) is 3.88. The number of benzene rings is 1. The Morgan fingerprint density at radius 1 is 1.19 bits per heavy atom. The molecular formula is C19H25N3O2S2. The average molecular weight is 392 g/mol. The van der Waals surface area contributed by atoms with E-state index in [1.165, 1.54) is 24.2 Å². The molecule has 0 spiro atoms. The van der Waals surface area contributed by atoms with Crippen LogP contribution in [-0.4, -0.2) is 42.6 Å². The highest BCUT2D eigenvalue weighted by atomic mass is 32.2. The second-order valence-electron chi connectivity index (χ2n) is 6.25. The summed E-state index contributed by atoms with van der Waals surface area (Å²) in [7, 11) is 4.03. The third-order valence-corrected chi connectivity index (χ3v) is 5.69. The molecule has 0 unspecified atom stereocenters. The maximum Gasteiger partial charge on any atom is 0.233 e. The topological polar surface area (TPSA) is 61.4 Å². The molecule has 2 rings (SSSR count). The van der Waals surface area contributed by atoms with E-state index in [0.717, 1.165) is 10.6 Å². The maximum absolute atomic E-state index is 12.5. The number of hydrogen-bond acceptors (Lipinski definition) is 5. The predicted octanol–water partition coefficient (Wildman–Crippen LogP) is 3.61. The minimum absolute atomic E-state index is 0.0167. The van der Waals surface area contributed by atoms with Crippen LogP contribution in [0.15, 0.2) is 46.0 Å². The molecule has 0 saturated heterocycles. The van der Waals surface area contributed by atoms with Gasteiger partial charge in [0.2, 0.25) is 11.8 Å². The summed E-state index contributed by atoms with van der Waals surface area (Å²) in [5.74, 6) is -0.0813. The van der Waals surface area contributed by atoms with Gasteiger partial charge >= 0.3 is 0 Å². The van der Waals surface area contributed by atoms with Crippen molar-refractivity contribution in [1.29, 1.82) is 0 Å². The van der Waals surface area contributed by atoms with E-state index in [9.17, 15) is 9.59 Å². The first-order valence-electron chi connectivity index (χ1n) is 8.37. The zero-order valence-corrected chi connectivity index (χ0v) is 17.1. The normalized spacial score (nSPS) is 13.3. The minimum Gasteiger partial charge on any atom is -0.353 e. The Hall–Kier alpha value is -1.83. The highest BCUT2D eigenvalue weighted by Crippen LogP contribution is 2.25. The zero-order chi connectivity index (χ0) is 19.1. The Labute approximate surface area is 163 Å². The van der Waals surface area contributed by atoms with Crippen molar-refractivity contribution in [1.82, 2.24) is 10.2 Å². The fourth-order valence-corrected chi connectivity index (χ4v) is 4.08. The first kappa shape index (κ1) is 20.5. The monoisotopic (exact) mass is 391 g/mol. The number of nitrogens with zero attached hydrogens (tertiary/aromatic N) is 1. The molecule has 2 atom stereocenters. The lowest BCUT2D eigenvalue weighted by atomic mass is 10.1. The van der Waals surface area contributed by atoms with Crippen molar-refractivity contribution in [3.63, 3.8) is 0 Å². The number of likely N-dealkylation sites (N-methyl/N-ethyl adjacent to an activating group) is 1. The summed E-state index contributed by atoms with van der Waals surface area (Å²) >= 11 is 3.16. The third kappa shape index (κ3) is 6.16. The Kier molecular flexibility index (Phi) is 7.68. The van der Waals surface area contributed by atoms with Gasteiger partial charge in [0.05, 0.1) is 11.3 Å². The summed E-state index contributed by atoms with van der Waals surface area (Å²) in [6.45, 7) is 3.96. The quantitative estimate of drug-likeness (QED) is 0.675. The van der Waals surface area contributed by atoms with Gasteiger partial charge in [-0.1, -0.05) is 0 Å². The molecule has 140 valence electrons. The first-order chi connectivity index (χ1) is 12.4. The van der Waals surface area contributed by atoms with Crippen LogP contribution in [0.5, 0.6) is 0 Å². The number of thiophene rings is 1. The molecule has 0 radical (unpaired) electrons. The molecule has 5 nitrogen and oxygen atoms in total. The van der Waals surface area contributed by atoms with Gasteiger partial charge in [0.25, 0.3) is 0 Å². The first-order valence-corrected chi connectivity index (χ1v) is 10.2. The van der Waals surface area contributed by atoms with Crippen LogP contribution in [0.4, 0.5) is 5.69 Å². The van der Waals surface area contributed by atoms with E-state index in [4.69, 9.17) is 0 Å². The zero-order valence-electron chi connectivity index (χ0n) is 15.5. The Balaban J connectivity index is 1.87. The van der Waals surface area contributed by atoms with E-state index in [0.29, 0.717) is 6.54 Å². The van der Waals surface area contributed by atoms with Crippen molar-refractivity contribution >= 4 is 40.6 Å². The number of carbonyl (C=O) groups is 2. The summed E-state index contributed by atoms with van der Waals surface area (Å²) < 4.78 is 0. The van der Waals surface area contributed by atoms with Gasteiger partial charge in [0.1, 0.15) is 0 Å². The minimum atomic E-state index is -0.202. The molecular weight excluding hydrogens is 366 g/mol. The van der Waals surface area contributed by atoms with Crippen LogP contribution in [0.25, 0.3) is 0 Å². The summed E-state index contributed by atoms with van der Waals surface area (Å²) in [6.07, 6.45) is 0. The van der Waals surface area contributed by atoms with Crippen LogP contribution < -0.4 is 10.6 Å². The largest absolute Gasteiger partial charge is 0.353 e. The van der Waals surface area contributed by atoms with Crippen molar-refractivity contribution in [2.75, 3.05) is 26.0 Å². The van der Waals surface area contributed by atoms with Gasteiger partial charge in [-0.3, -0.25) is 9.59 Å². The number of thioether (sulfide) groups is 1. The molecule has 0 aliphatic rings. The summed E-state index contributed by atoms with van der Waals surface area (Å²) in [6, 6.07) is 9.76. The number of nitrogens with one attached hydrogen (secondary N) is 2. The SMILES string of the molecule is CC(=O)Nc1ccc(S[C@H](C)C(=O)NC[C@H](c2ccsc2)N(C)C)cc1. The van der Waals surface area contributed by atoms with Crippen molar-refractivity contribution < 1.29 is 9.59 Å². The molecule has 0 fully saturated rings. The van der Waals surface area contributed by atoms with Gasteiger partial charge in [-0.25, -0.2) is 0 Å². The van der Waals surface area contributed by atoms with E-state index < -0.39 is 0 Å². The van der Waals surface area contributed by atoms with Gasteiger partial charge < -0.3 is 15.5 Å². The summed E-state index contributed by atoms with van der Waals surface area (Å²) in [5.41, 5.74) is 1.97. The molecule has 0 aliphatic heterocycles. The Morgan fingerprint density at radius 2 is 1.88 bits per heavy atom. The number of carbonyl (C=O) groups excluding carboxylic acids is 2. The molecule has 0 aliphatic carbocycles. The van der Waals surface area contributed by atoms with Crippen molar-refractivity contribution in [2.24, 2.45) is 0 Å². The standard InChI is InChI=1S/C19H25N3O2S2/c1-13(26-17-7-5-16(6-8-17)21-14(2)23)19(24)20-11-18(22(3)4)15-9-10-25-12-15/h5-10,12-13,18H,11H2,1-4H3,(H,20,24)(H,21,23)/t13-,18-/m1/s1. The summed E-state index contributed by atoms with van der Waals surface area (Å²) in [5, 5.41) is 9.76. The fraction of sp³-hybridized carbons (Fsp3) is 0.368. The lowest BCUT2D eigenvalue weighted by Crippen LogP contribution is -2.37. The van der Waals surface area contributed by atoms with Gasteiger partial charge in [0.15, 0.2) is 0 Å². The van der Waals surface area contributed by atoms with Gasteiger partial charge in [0, 0.05) is 24.1 Å².